The van der Waals surface area contributed by atoms with Crippen LogP contribution in [0, 0.1) is 13.8 Å². The molecule has 2 aromatic heterocycles. The Bertz CT molecular complexity index is 778. The van der Waals surface area contributed by atoms with Crippen LogP contribution in [0.4, 0.5) is 0 Å². The molecule has 0 atom stereocenters. The number of piperidine rings is 1. The fourth-order valence-corrected chi connectivity index (χ4v) is 3.06. The summed E-state index contributed by atoms with van der Waals surface area (Å²) in [6, 6.07) is 7.01. The molecule has 1 aliphatic heterocycles. The maximum absolute atomic E-state index is 12.4. The maximum atomic E-state index is 12.4. The Hall–Kier alpha value is -2.83. The number of rotatable bonds is 4. The van der Waals surface area contributed by atoms with Crippen LogP contribution in [0.5, 0.6) is 5.75 Å². The third-order valence-electron chi connectivity index (χ3n) is 4.56. The second kappa shape index (κ2) is 6.58. The highest BCUT2D eigenvalue weighted by molar-refractivity contribution is 5.92. The number of carboxylic acid groups (broad SMARTS) is 1. The lowest BCUT2D eigenvalue weighted by molar-refractivity contribution is -0.159. The highest BCUT2D eigenvalue weighted by Gasteiger charge is 2.45. The van der Waals surface area contributed by atoms with Gasteiger partial charge in [-0.2, -0.15) is 0 Å². The lowest BCUT2D eigenvalue weighted by Gasteiger charge is -2.38. The summed E-state index contributed by atoms with van der Waals surface area (Å²) in [5.41, 5.74) is 0.669. The first-order valence-corrected chi connectivity index (χ1v) is 8.21. The Morgan fingerprint density at radius 2 is 1.96 bits per heavy atom. The van der Waals surface area contributed by atoms with Crippen molar-refractivity contribution in [3.05, 3.63) is 47.5 Å². The van der Waals surface area contributed by atoms with E-state index in [1.165, 1.54) is 0 Å². The molecule has 3 rings (SSSR count). The Labute approximate surface area is 145 Å². The molecule has 2 N–H and O–H groups in total. The number of aliphatic carboxylic acids is 1. The molecule has 7 nitrogen and oxygen atoms in total. The quantitative estimate of drug-likeness (QED) is 0.887. The molecule has 2 aromatic rings. The van der Waals surface area contributed by atoms with Crippen molar-refractivity contribution < 1.29 is 19.4 Å². The van der Waals surface area contributed by atoms with Gasteiger partial charge in [-0.3, -0.25) is 9.78 Å². The summed E-state index contributed by atoms with van der Waals surface area (Å²) in [7, 11) is 0. The Morgan fingerprint density at radius 3 is 2.52 bits per heavy atom. The Balaban J connectivity index is 1.75. The molecule has 25 heavy (non-hydrogen) atoms. The second-order valence-corrected chi connectivity index (χ2v) is 6.31. The van der Waals surface area contributed by atoms with Gasteiger partial charge in [0.2, 0.25) is 5.60 Å². The van der Waals surface area contributed by atoms with Crippen LogP contribution in [0.15, 0.2) is 30.5 Å². The number of hydrogen-bond acceptors (Lipinski definition) is 4. The molecule has 0 aliphatic carbocycles. The van der Waals surface area contributed by atoms with Crippen molar-refractivity contribution in [3.8, 4) is 5.75 Å². The van der Waals surface area contributed by atoms with Crippen molar-refractivity contribution in [1.29, 1.82) is 0 Å². The normalized spacial score (nSPS) is 16.5. The van der Waals surface area contributed by atoms with Crippen LogP contribution < -0.4 is 4.74 Å². The van der Waals surface area contributed by atoms with E-state index in [1.54, 1.807) is 42.3 Å². The molecule has 0 bridgehead atoms. The van der Waals surface area contributed by atoms with Gasteiger partial charge < -0.3 is 19.7 Å². The predicted molar refractivity (Wildman–Crippen MR) is 90.6 cm³/mol. The number of H-pyrrole nitrogens is 1. The van der Waals surface area contributed by atoms with Crippen LogP contribution in [-0.2, 0) is 4.79 Å². The number of amides is 1. The molecular formula is C18H21N3O4. The standard InChI is InChI=1S/C18H21N3O4/c1-12-5-6-15(13(2)20-12)25-18(17(23)24)7-10-21(11-8-18)16(22)14-4-3-9-19-14/h3-6,9,19H,7-8,10-11H2,1-2H3,(H,23,24). The van der Waals surface area contributed by atoms with Crippen molar-refractivity contribution in [1.82, 2.24) is 14.9 Å². The average Bonchev–Trinajstić information content (AvgIpc) is 3.12. The lowest BCUT2D eigenvalue weighted by Crippen LogP contribution is -2.54. The number of ether oxygens (including phenoxy) is 1. The Kier molecular flexibility index (Phi) is 4.48. The average molecular weight is 343 g/mol. The molecule has 1 fully saturated rings. The van der Waals surface area contributed by atoms with Crippen LogP contribution in [0.1, 0.15) is 34.7 Å². The number of carboxylic acids is 1. The fraction of sp³-hybridized carbons (Fsp3) is 0.389. The van der Waals surface area contributed by atoms with Crippen LogP contribution >= 0.6 is 0 Å². The van der Waals surface area contributed by atoms with Gasteiger partial charge in [0.25, 0.3) is 5.91 Å². The lowest BCUT2D eigenvalue weighted by atomic mass is 9.90. The molecule has 3 heterocycles. The number of carbonyl (C=O) groups excluding carboxylic acids is 1. The minimum Gasteiger partial charge on any atom is -0.478 e. The van der Waals surface area contributed by atoms with E-state index in [0.29, 0.717) is 30.2 Å². The summed E-state index contributed by atoms with van der Waals surface area (Å²) in [5.74, 6) is -0.672. The number of carbonyl (C=O) groups is 2. The summed E-state index contributed by atoms with van der Waals surface area (Å²) in [6.45, 7) is 4.31. The Morgan fingerprint density at radius 1 is 1.24 bits per heavy atom. The number of nitrogens with zero attached hydrogens (tertiary/aromatic N) is 2. The molecule has 7 heteroatoms. The highest BCUT2D eigenvalue weighted by atomic mass is 16.5. The van der Waals surface area contributed by atoms with E-state index >= 15 is 0 Å². The van der Waals surface area contributed by atoms with Gasteiger partial charge in [-0.25, -0.2) is 4.79 Å². The molecule has 0 radical (unpaired) electrons. The van der Waals surface area contributed by atoms with E-state index in [4.69, 9.17) is 4.74 Å². The highest BCUT2D eigenvalue weighted by Crippen LogP contribution is 2.31. The predicted octanol–water partition coefficient (Wildman–Crippen LogP) is 2.16. The summed E-state index contributed by atoms with van der Waals surface area (Å²) in [4.78, 5) is 33.1. The van der Waals surface area contributed by atoms with E-state index in [-0.39, 0.29) is 18.7 Å². The van der Waals surface area contributed by atoms with E-state index in [2.05, 4.69) is 9.97 Å². The second-order valence-electron chi connectivity index (χ2n) is 6.31. The van der Waals surface area contributed by atoms with Gasteiger partial charge in [-0.05, 0) is 38.1 Å². The summed E-state index contributed by atoms with van der Waals surface area (Å²) in [5, 5.41) is 9.75. The number of aromatic nitrogens is 2. The topological polar surface area (TPSA) is 95.5 Å². The van der Waals surface area contributed by atoms with Crippen molar-refractivity contribution in [2.75, 3.05) is 13.1 Å². The zero-order valence-corrected chi connectivity index (χ0v) is 14.3. The van der Waals surface area contributed by atoms with Gasteiger partial charge in [0.15, 0.2) is 0 Å². The minimum absolute atomic E-state index is 0.128. The molecule has 0 unspecified atom stereocenters. The van der Waals surface area contributed by atoms with Crippen molar-refractivity contribution in [3.63, 3.8) is 0 Å². The molecule has 0 spiro atoms. The summed E-state index contributed by atoms with van der Waals surface area (Å²) in [6.07, 6.45) is 2.14. The van der Waals surface area contributed by atoms with Crippen LogP contribution in [0.25, 0.3) is 0 Å². The van der Waals surface area contributed by atoms with E-state index < -0.39 is 11.6 Å². The SMILES string of the molecule is Cc1ccc(OC2(C(=O)O)CCN(C(=O)c3ccc[nH]3)CC2)c(C)n1. The number of aryl methyl sites for hydroxylation is 2. The number of nitrogens with one attached hydrogen (secondary N) is 1. The number of likely N-dealkylation sites (tertiary alicyclic amines) is 1. The molecule has 1 saturated heterocycles. The van der Waals surface area contributed by atoms with E-state index in [0.717, 1.165) is 5.69 Å². The number of aromatic amines is 1. The maximum Gasteiger partial charge on any atom is 0.348 e. The molecule has 0 aromatic carbocycles. The van der Waals surface area contributed by atoms with Gasteiger partial charge in [0.05, 0.1) is 5.69 Å². The van der Waals surface area contributed by atoms with E-state index in [1.807, 2.05) is 6.92 Å². The largest absolute Gasteiger partial charge is 0.478 e. The monoisotopic (exact) mass is 343 g/mol. The third-order valence-corrected chi connectivity index (χ3v) is 4.56. The smallest absolute Gasteiger partial charge is 0.348 e. The van der Waals surface area contributed by atoms with Crippen LogP contribution in [-0.4, -0.2) is 50.5 Å². The molecule has 132 valence electrons. The molecule has 1 amide bonds. The number of pyridine rings is 1. The zero-order valence-electron chi connectivity index (χ0n) is 14.3. The zero-order chi connectivity index (χ0) is 18.0. The fourth-order valence-electron chi connectivity index (χ4n) is 3.06. The van der Waals surface area contributed by atoms with Crippen LogP contribution in [0.3, 0.4) is 0 Å². The van der Waals surface area contributed by atoms with Gasteiger partial charge in [0, 0.05) is 37.8 Å². The first-order valence-electron chi connectivity index (χ1n) is 8.21. The number of hydrogen-bond donors (Lipinski definition) is 2. The van der Waals surface area contributed by atoms with Gasteiger partial charge in [-0.15, -0.1) is 0 Å². The van der Waals surface area contributed by atoms with Gasteiger partial charge >= 0.3 is 5.97 Å². The first-order chi connectivity index (χ1) is 11.9. The molecule has 1 aliphatic rings. The third kappa shape index (κ3) is 3.35. The van der Waals surface area contributed by atoms with E-state index in [9.17, 15) is 14.7 Å². The van der Waals surface area contributed by atoms with Crippen molar-refractivity contribution in [2.45, 2.75) is 32.3 Å². The summed E-state index contributed by atoms with van der Waals surface area (Å²) < 4.78 is 5.90. The van der Waals surface area contributed by atoms with Crippen molar-refractivity contribution >= 4 is 11.9 Å². The van der Waals surface area contributed by atoms with Crippen LogP contribution in [0.2, 0.25) is 0 Å². The molecule has 0 saturated carbocycles. The first kappa shape index (κ1) is 17.0. The molecular weight excluding hydrogens is 322 g/mol. The van der Waals surface area contributed by atoms with Gasteiger partial charge in [-0.1, -0.05) is 0 Å². The van der Waals surface area contributed by atoms with Gasteiger partial charge in [0.1, 0.15) is 11.4 Å². The minimum atomic E-state index is -1.34. The summed E-state index contributed by atoms with van der Waals surface area (Å²) >= 11 is 0. The van der Waals surface area contributed by atoms with Crippen molar-refractivity contribution in [2.24, 2.45) is 0 Å².